The predicted molar refractivity (Wildman–Crippen MR) is 178 cm³/mol. The molecule has 0 unspecified atom stereocenters. The third-order valence-electron chi connectivity index (χ3n) is 9.00. The summed E-state index contributed by atoms with van der Waals surface area (Å²) in [5, 5.41) is 15.3. The molecule has 3 aromatic heterocycles. The Morgan fingerprint density at radius 3 is 1.67 bits per heavy atom. The predicted octanol–water partition coefficient (Wildman–Crippen LogP) is 9.82. The number of aromatic nitrogens is 4. The molecule has 7 aromatic carbocycles. The van der Waals surface area contributed by atoms with Gasteiger partial charge in [-0.05, 0) is 94.5 Å². The van der Waals surface area contributed by atoms with Gasteiger partial charge in [-0.2, -0.15) is 0 Å². The van der Waals surface area contributed by atoms with E-state index in [1.165, 1.54) is 64.6 Å². The van der Waals surface area contributed by atoms with E-state index in [9.17, 15) is 0 Å². The Balaban J connectivity index is 1.31. The van der Waals surface area contributed by atoms with E-state index in [1.54, 1.807) is 0 Å². The van der Waals surface area contributed by atoms with Crippen molar-refractivity contribution >= 4 is 70.3 Å². The molecule has 0 saturated carbocycles. The fourth-order valence-electron chi connectivity index (χ4n) is 7.10. The van der Waals surface area contributed by atoms with Crippen LogP contribution in [0.2, 0.25) is 0 Å². The molecule has 198 valence electrons. The lowest BCUT2D eigenvalue weighted by atomic mass is 9.87. The maximum Gasteiger partial charge on any atom is 0.179 e. The van der Waals surface area contributed by atoms with Crippen molar-refractivity contribution in [2.45, 2.75) is 0 Å². The van der Waals surface area contributed by atoms with Gasteiger partial charge in [-0.15, -0.1) is 0 Å². The first kappa shape index (κ1) is 22.8. The van der Waals surface area contributed by atoms with Gasteiger partial charge in [0.25, 0.3) is 0 Å². The van der Waals surface area contributed by atoms with Crippen molar-refractivity contribution in [2.75, 3.05) is 0 Å². The molecule has 0 aliphatic rings. The Hall–Kier alpha value is -5.87. The number of pyridine rings is 1. The fourth-order valence-corrected chi connectivity index (χ4v) is 7.10. The van der Waals surface area contributed by atoms with Gasteiger partial charge in [-0.3, -0.25) is 0 Å². The Morgan fingerprint density at radius 2 is 1.05 bits per heavy atom. The third-order valence-corrected chi connectivity index (χ3v) is 9.00. The summed E-state index contributed by atoms with van der Waals surface area (Å²) in [6.45, 7) is 0. The highest BCUT2D eigenvalue weighted by Gasteiger charge is 2.16. The summed E-state index contributed by atoms with van der Waals surface area (Å²) in [4.78, 5) is 14.2. The molecule has 0 fully saturated rings. The molecule has 0 amide bonds. The van der Waals surface area contributed by atoms with Gasteiger partial charge in [0.05, 0.1) is 0 Å². The molecule has 10 aromatic rings. The summed E-state index contributed by atoms with van der Waals surface area (Å²) in [7, 11) is 0. The Morgan fingerprint density at radius 1 is 0.465 bits per heavy atom. The maximum absolute atomic E-state index is 4.76. The van der Waals surface area contributed by atoms with E-state index in [-0.39, 0.29) is 0 Å². The monoisotopic (exact) mass is 546 g/mol. The van der Waals surface area contributed by atoms with Crippen LogP contribution in [0.3, 0.4) is 0 Å². The number of imidazole rings is 1. The van der Waals surface area contributed by atoms with Crippen LogP contribution in [-0.2, 0) is 0 Å². The van der Waals surface area contributed by atoms with Crippen molar-refractivity contribution in [3.63, 3.8) is 0 Å². The molecular formula is C39H22N4. The summed E-state index contributed by atoms with van der Waals surface area (Å²) in [5.74, 6) is 0.617. The van der Waals surface area contributed by atoms with Crippen LogP contribution in [0.15, 0.2) is 134 Å². The minimum absolute atomic E-state index is 0.617. The summed E-state index contributed by atoms with van der Waals surface area (Å²) < 4.78 is 1.99. The Bertz CT molecular complexity index is 2680. The number of fused-ring (bicyclic) bond motifs is 3. The molecule has 4 nitrogen and oxygen atoms in total. The van der Waals surface area contributed by atoms with Crippen LogP contribution in [0.5, 0.6) is 0 Å². The van der Waals surface area contributed by atoms with E-state index in [0.717, 1.165) is 22.5 Å². The lowest BCUT2D eigenvalue weighted by molar-refractivity contribution is 1.16. The minimum atomic E-state index is 0.617. The largest absolute Gasteiger partial charge is 0.306 e. The molecule has 4 heteroatoms. The minimum Gasteiger partial charge on any atom is -0.306 e. The van der Waals surface area contributed by atoms with Crippen molar-refractivity contribution in [1.29, 1.82) is 0 Å². The molecule has 0 N–H and O–H groups in total. The molecule has 0 aliphatic heterocycles. The quantitative estimate of drug-likeness (QED) is 0.203. The van der Waals surface area contributed by atoms with Crippen LogP contribution >= 0.6 is 0 Å². The normalized spacial score (nSPS) is 12.2. The van der Waals surface area contributed by atoms with Gasteiger partial charge in [0, 0.05) is 30.4 Å². The first-order valence-corrected chi connectivity index (χ1v) is 14.5. The summed E-state index contributed by atoms with van der Waals surface area (Å²) in [6.07, 6.45) is 7.80. The first-order chi connectivity index (χ1) is 21.3. The highest BCUT2D eigenvalue weighted by molar-refractivity contribution is 6.37. The summed E-state index contributed by atoms with van der Waals surface area (Å²) in [6, 6.07) is 39.7. The number of rotatable bonds is 2. The van der Waals surface area contributed by atoms with Crippen molar-refractivity contribution in [2.24, 2.45) is 0 Å². The zero-order chi connectivity index (χ0) is 28.1. The third kappa shape index (κ3) is 3.18. The smallest absolute Gasteiger partial charge is 0.179 e. The molecule has 0 atom stereocenters. The molecule has 0 bridgehead atoms. The van der Waals surface area contributed by atoms with Crippen LogP contribution in [0, 0.1) is 0 Å². The second-order valence-electron chi connectivity index (χ2n) is 11.4. The molecule has 43 heavy (non-hydrogen) atoms. The molecule has 0 spiro atoms. The van der Waals surface area contributed by atoms with Gasteiger partial charge in [-0.25, -0.2) is 15.0 Å². The molecule has 0 radical (unpaired) electrons. The Kier molecular flexibility index (Phi) is 4.42. The Labute approximate surface area is 245 Å². The van der Waals surface area contributed by atoms with Crippen LogP contribution < -0.4 is 0 Å². The van der Waals surface area contributed by atoms with Gasteiger partial charge in [0.1, 0.15) is 11.3 Å². The molecule has 10 rings (SSSR count). The van der Waals surface area contributed by atoms with E-state index < -0.39 is 0 Å². The molecule has 0 aliphatic carbocycles. The van der Waals surface area contributed by atoms with Crippen LogP contribution in [0.25, 0.3) is 92.9 Å². The zero-order valence-electron chi connectivity index (χ0n) is 23.0. The van der Waals surface area contributed by atoms with E-state index in [4.69, 9.17) is 15.0 Å². The molecular weight excluding hydrogens is 524 g/mol. The SMILES string of the molecule is c1cc2ccc3cccc4c5cc(-c6cnc(-c7cn8ccccc8n7)nc6)cc6ccc7cccc(c(c1)c2c34)c7c65. The van der Waals surface area contributed by atoms with E-state index in [2.05, 4.69) is 91.0 Å². The van der Waals surface area contributed by atoms with E-state index >= 15 is 0 Å². The molecule has 0 saturated heterocycles. The standard InChI is InChI=1S/C39H22N4/c1-2-17-43-22-33(42-34(43)12-1)39-40-20-28(21-41-39)27-18-26-16-15-25-7-4-10-30-29-9-3-6-23-13-14-24-8-5-11-31(37(24)35(23)29)32(19-27)38(26)36(25)30/h1-22H. The number of benzene rings is 6. The van der Waals surface area contributed by atoms with Gasteiger partial charge >= 0.3 is 0 Å². The highest BCUT2D eigenvalue weighted by atomic mass is 15.0. The average Bonchev–Trinajstić information content (AvgIpc) is 3.51. The van der Waals surface area contributed by atoms with Crippen molar-refractivity contribution in [3.05, 3.63) is 134 Å². The zero-order valence-corrected chi connectivity index (χ0v) is 23.0. The van der Waals surface area contributed by atoms with E-state index in [1.807, 2.05) is 47.4 Å². The van der Waals surface area contributed by atoms with Crippen molar-refractivity contribution in [3.8, 4) is 22.6 Å². The van der Waals surface area contributed by atoms with Crippen LogP contribution in [0.4, 0.5) is 0 Å². The average molecular weight is 547 g/mol. The first-order valence-electron chi connectivity index (χ1n) is 14.5. The topological polar surface area (TPSA) is 43.1 Å². The van der Waals surface area contributed by atoms with Crippen LogP contribution in [0.1, 0.15) is 0 Å². The fraction of sp³-hybridized carbons (Fsp3) is 0. The van der Waals surface area contributed by atoms with Crippen molar-refractivity contribution in [1.82, 2.24) is 19.4 Å². The van der Waals surface area contributed by atoms with Gasteiger partial charge in [0.2, 0.25) is 0 Å². The number of hydrogen-bond donors (Lipinski definition) is 0. The van der Waals surface area contributed by atoms with Gasteiger partial charge in [0.15, 0.2) is 5.82 Å². The van der Waals surface area contributed by atoms with Gasteiger partial charge in [-0.1, -0.05) is 84.9 Å². The molecule has 3 heterocycles. The second kappa shape index (κ2) is 8.34. The highest BCUT2D eigenvalue weighted by Crippen LogP contribution is 2.44. The van der Waals surface area contributed by atoms with E-state index in [0.29, 0.717) is 5.82 Å². The summed E-state index contributed by atoms with van der Waals surface area (Å²) in [5.41, 5.74) is 3.71. The van der Waals surface area contributed by atoms with Crippen LogP contribution in [-0.4, -0.2) is 19.4 Å². The lowest BCUT2D eigenvalue weighted by Crippen LogP contribution is -1.91. The number of hydrogen-bond acceptors (Lipinski definition) is 3. The summed E-state index contributed by atoms with van der Waals surface area (Å²) >= 11 is 0. The second-order valence-corrected chi connectivity index (χ2v) is 11.4. The lowest BCUT2D eigenvalue weighted by Gasteiger charge is -2.17. The maximum atomic E-state index is 4.76. The number of nitrogens with zero attached hydrogens (tertiary/aromatic N) is 4. The van der Waals surface area contributed by atoms with Gasteiger partial charge < -0.3 is 4.40 Å². The van der Waals surface area contributed by atoms with Crippen molar-refractivity contribution < 1.29 is 0 Å².